The Labute approximate surface area is 199 Å². The fraction of sp³-hybridized carbons (Fsp3) is 0.321. The molecule has 1 fully saturated rings. The van der Waals surface area contributed by atoms with E-state index < -0.39 is 17.0 Å². The SMILES string of the molecule is C[N+]1(CCCOc2ccc(F)c(F)c2)CCC(C(C(N)=O)(c2ccccc2)c2ccccc2)C1. The quantitative estimate of drug-likeness (QED) is 0.369. The number of carbonyl (C=O) groups is 1. The summed E-state index contributed by atoms with van der Waals surface area (Å²) in [5.41, 5.74) is 7.14. The first kappa shape index (κ1) is 23.9. The van der Waals surface area contributed by atoms with Crippen LogP contribution in [0.3, 0.4) is 0 Å². The molecule has 4 nitrogen and oxygen atoms in total. The second-order valence-corrected chi connectivity index (χ2v) is 9.42. The van der Waals surface area contributed by atoms with Gasteiger partial charge < -0.3 is 15.0 Å². The van der Waals surface area contributed by atoms with Crippen LogP contribution in [0.5, 0.6) is 5.75 Å². The van der Waals surface area contributed by atoms with Gasteiger partial charge in [-0.3, -0.25) is 4.79 Å². The Kier molecular flexibility index (Phi) is 6.98. The molecule has 2 unspecified atom stereocenters. The largest absolute Gasteiger partial charge is 0.493 e. The predicted octanol–water partition coefficient (Wildman–Crippen LogP) is 4.67. The highest BCUT2D eigenvalue weighted by Crippen LogP contribution is 2.45. The Bertz CT molecular complexity index is 1080. The zero-order chi connectivity index (χ0) is 24.2. The highest BCUT2D eigenvalue weighted by Gasteiger charge is 2.53. The van der Waals surface area contributed by atoms with Crippen LogP contribution >= 0.6 is 0 Å². The number of quaternary nitrogens is 1. The number of nitrogens with zero attached hydrogens (tertiary/aromatic N) is 1. The fourth-order valence-corrected chi connectivity index (χ4v) is 5.47. The average Bonchev–Trinajstić information content (AvgIpc) is 3.23. The number of benzene rings is 3. The van der Waals surface area contributed by atoms with Crippen LogP contribution < -0.4 is 10.5 Å². The lowest BCUT2D eigenvalue weighted by molar-refractivity contribution is -0.899. The van der Waals surface area contributed by atoms with Crippen molar-refractivity contribution in [3.05, 3.63) is 102 Å². The summed E-state index contributed by atoms with van der Waals surface area (Å²) < 4.78 is 32.9. The number of likely N-dealkylation sites (tertiary alicyclic amines) is 1. The Morgan fingerprint density at radius 1 is 1.00 bits per heavy atom. The molecule has 1 aliphatic heterocycles. The second kappa shape index (κ2) is 9.94. The monoisotopic (exact) mass is 465 g/mol. The number of halogens is 2. The van der Waals surface area contributed by atoms with Crippen molar-refractivity contribution >= 4 is 5.91 Å². The van der Waals surface area contributed by atoms with Crippen molar-refractivity contribution in [1.29, 1.82) is 0 Å². The van der Waals surface area contributed by atoms with Crippen LogP contribution in [-0.2, 0) is 10.2 Å². The molecule has 34 heavy (non-hydrogen) atoms. The first-order valence-electron chi connectivity index (χ1n) is 11.7. The molecular formula is C28H31F2N2O2+. The van der Waals surface area contributed by atoms with Crippen LogP contribution in [0.4, 0.5) is 8.78 Å². The molecule has 1 heterocycles. The van der Waals surface area contributed by atoms with Crippen LogP contribution in [0.15, 0.2) is 78.9 Å². The maximum absolute atomic E-state index is 13.4. The third-order valence-corrected chi connectivity index (χ3v) is 7.14. The maximum Gasteiger partial charge on any atom is 0.233 e. The Morgan fingerprint density at radius 2 is 1.62 bits per heavy atom. The molecular weight excluding hydrogens is 434 g/mol. The average molecular weight is 466 g/mol. The first-order chi connectivity index (χ1) is 16.3. The van der Waals surface area contributed by atoms with Gasteiger partial charge in [-0.1, -0.05) is 60.7 Å². The first-order valence-corrected chi connectivity index (χ1v) is 11.7. The van der Waals surface area contributed by atoms with E-state index in [1.54, 1.807) is 0 Å². The van der Waals surface area contributed by atoms with Crippen molar-refractivity contribution in [3.63, 3.8) is 0 Å². The summed E-state index contributed by atoms with van der Waals surface area (Å²) >= 11 is 0. The summed E-state index contributed by atoms with van der Waals surface area (Å²) in [4.78, 5) is 13.2. The summed E-state index contributed by atoms with van der Waals surface area (Å²) in [5, 5.41) is 0. The van der Waals surface area contributed by atoms with E-state index in [-0.39, 0.29) is 11.8 Å². The van der Waals surface area contributed by atoms with Gasteiger partial charge in [0.2, 0.25) is 5.91 Å². The third-order valence-electron chi connectivity index (χ3n) is 7.14. The van der Waals surface area contributed by atoms with Crippen LogP contribution in [-0.4, -0.2) is 43.7 Å². The number of primary amides is 1. The smallest absolute Gasteiger partial charge is 0.233 e. The second-order valence-electron chi connectivity index (χ2n) is 9.42. The number of nitrogens with two attached hydrogens (primary N) is 1. The minimum Gasteiger partial charge on any atom is -0.493 e. The van der Waals surface area contributed by atoms with Crippen molar-refractivity contribution in [2.24, 2.45) is 11.7 Å². The number of carbonyl (C=O) groups excluding carboxylic acids is 1. The van der Waals surface area contributed by atoms with Crippen molar-refractivity contribution in [3.8, 4) is 5.75 Å². The van der Waals surface area contributed by atoms with Gasteiger partial charge in [0.15, 0.2) is 11.6 Å². The molecule has 1 amide bonds. The molecule has 3 aromatic carbocycles. The van der Waals surface area contributed by atoms with E-state index in [9.17, 15) is 13.6 Å². The lowest BCUT2D eigenvalue weighted by atomic mass is 9.64. The van der Waals surface area contributed by atoms with E-state index in [1.165, 1.54) is 6.07 Å². The highest BCUT2D eigenvalue weighted by molar-refractivity contribution is 5.91. The number of amides is 1. The minimum absolute atomic E-state index is 0.0481. The molecule has 6 heteroatoms. The maximum atomic E-state index is 13.4. The minimum atomic E-state index is -0.913. The van der Waals surface area contributed by atoms with Gasteiger partial charge in [0.05, 0.1) is 33.3 Å². The molecule has 2 N–H and O–H groups in total. The third kappa shape index (κ3) is 4.68. The van der Waals surface area contributed by atoms with Crippen LogP contribution in [0.25, 0.3) is 0 Å². The van der Waals surface area contributed by atoms with Gasteiger partial charge in [0, 0.05) is 24.8 Å². The predicted molar refractivity (Wildman–Crippen MR) is 128 cm³/mol. The van der Waals surface area contributed by atoms with Crippen LogP contribution in [0, 0.1) is 17.6 Å². The van der Waals surface area contributed by atoms with Gasteiger partial charge in [-0.2, -0.15) is 0 Å². The molecule has 3 aromatic rings. The molecule has 0 spiro atoms. The van der Waals surface area contributed by atoms with E-state index in [2.05, 4.69) is 7.05 Å². The number of hydrogen-bond donors (Lipinski definition) is 1. The lowest BCUT2D eigenvalue weighted by Gasteiger charge is -2.38. The molecule has 2 atom stereocenters. The zero-order valence-corrected chi connectivity index (χ0v) is 19.4. The molecule has 178 valence electrons. The van der Waals surface area contributed by atoms with Gasteiger partial charge in [0.1, 0.15) is 11.2 Å². The molecule has 0 aromatic heterocycles. The van der Waals surface area contributed by atoms with E-state index >= 15 is 0 Å². The summed E-state index contributed by atoms with van der Waals surface area (Å²) in [5.74, 6) is -1.76. The number of hydrogen-bond acceptors (Lipinski definition) is 2. The van der Waals surface area contributed by atoms with Gasteiger partial charge in [-0.05, 0) is 23.3 Å². The van der Waals surface area contributed by atoms with Crippen LogP contribution in [0.2, 0.25) is 0 Å². The van der Waals surface area contributed by atoms with Gasteiger partial charge >= 0.3 is 0 Å². The van der Waals surface area contributed by atoms with Crippen molar-refractivity contribution in [1.82, 2.24) is 0 Å². The Morgan fingerprint density at radius 3 is 2.18 bits per heavy atom. The molecule has 4 rings (SSSR count). The summed E-state index contributed by atoms with van der Waals surface area (Å²) in [7, 11) is 2.19. The van der Waals surface area contributed by atoms with Gasteiger partial charge in [-0.15, -0.1) is 0 Å². The fourth-order valence-electron chi connectivity index (χ4n) is 5.47. The number of ether oxygens (including phenoxy) is 1. The molecule has 1 aliphatic rings. The van der Waals surface area contributed by atoms with Crippen LogP contribution in [0.1, 0.15) is 24.0 Å². The topological polar surface area (TPSA) is 52.3 Å². The molecule has 0 radical (unpaired) electrons. The van der Waals surface area contributed by atoms with Gasteiger partial charge in [-0.25, -0.2) is 8.78 Å². The van der Waals surface area contributed by atoms with Crippen molar-refractivity contribution in [2.75, 3.05) is 33.3 Å². The summed E-state index contributed by atoms with van der Waals surface area (Å²) in [6.45, 7) is 2.98. The standard InChI is InChI=1S/C28H30F2N2O2/c1-32(16-8-18-34-24-13-14-25(29)26(30)19-24)17-15-23(20-32)28(27(31)33,21-9-4-2-5-10-21)22-11-6-3-7-12-22/h2-7,9-14,19,23H,8,15-18,20H2,1H3,(H-,31,33)/p+1. The van der Waals surface area contributed by atoms with Crippen molar-refractivity contribution in [2.45, 2.75) is 18.3 Å². The molecule has 1 saturated heterocycles. The lowest BCUT2D eigenvalue weighted by Crippen LogP contribution is -2.51. The molecule has 0 saturated carbocycles. The van der Waals surface area contributed by atoms with Gasteiger partial charge in [0.25, 0.3) is 0 Å². The Balaban J connectivity index is 1.50. The zero-order valence-electron chi connectivity index (χ0n) is 19.4. The van der Waals surface area contributed by atoms with E-state index in [0.717, 1.165) is 60.2 Å². The Hall–Kier alpha value is -3.25. The summed E-state index contributed by atoms with van der Waals surface area (Å²) in [6, 6.07) is 23.3. The normalized spacial score (nSPS) is 20.3. The van der Waals surface area contributed by atoms with Crippen molar-refractivity contribution < 1.29 is 22.8 Å². The number of rotatable bonds is 9. The van der Waals surface area contributed by atoms with E-state index in [0.29, 0.717) is 12.4 Å². The van der Waals surface area contributed by atoms with E-state index in [4.69, 9.17) is 10.5 Å². The van der Waals surface area contributed by atoms with E-state index in [1.807, 2.05) is 60.7 Å². The summed E-state index contributed by atoms with van der Waals surface area (Å²) in [6.07, 6.45) is 1.62. The molecule has 0 bridgehead atoms. The molecule has 0 aliphatic carbocycles. The highest BCUT2D eigenvalue weighted by atomic mass is 19.2.